The summed E-state index contributed by atoms with van der Waals surface area (Å²) in [5.41, 5.74) is 0. The number of rotatable bonds is 5. The zero-order valence-electron chi connectivity index (χ0n) is 8.79. The van der Waals surface area contributed by atoms with E-state index in [1.54, 1.807) is 0 Å². The normalized spacial score (nSPS) is 11.4. The van der Waals surface area contributed by atoms with Gasteiger partial charge in [-0.05, 0) is 18.0 Å². The average molecular weight is 272 g/mol. The summed E-state index contributed by atoms with van der Waals surface area (Å²) in [6, 6.07) is -0.683. The first kappa shape index (κ1) is 13.8. The number of hydrogen-bond donors (Lipinski definition) is 0. The van der Waals surface area contributed by atoms with Gasteiger partial charge in [-0.15, -0.1) is 4.98 Å². The lowest BCUT2D eigenvalue weighted by Gasteiger charge is -2.08. The molecule has 1 heterocycles. The first-order valence-electron chi connectivity index (χ1n) is 4.64. The second kappa shape index (κ2) is 5.85. The summed E-state index contributed by atoms with van der Waals surface area (Å²) in [6.07, 6.45) is -3.77. The highest BCUT2D eigenvalue weighted by molar-refractivity contribution is 6.28. The molecular weight excluding hydrogens is 263 g/mol. The summed E-state index contributed by atoms with van der Waals surface area (Å²) in [7, 11) is 0. The molecule has 0 unspecified atom stereocenters. The molecule has 1 rings (SSSR count). The first-order valence-corrected chi connectivity index (χ1v) is 5.02. The third-order valence-electron chi connectivity index (χ3n) is 1.37. The Labute approximate surface area is 99.9 Å². The molecule has 0 fully saturated rings. The zero-order chi connectivity index (χ0) is 12.9. The van der Waals surface area contributed by atoms with Crippen molar-refractivity contribution in [3.05, 3.63) is 5.28 Å². The van der Waals surface area contributed by atoms with Gasteiger partial charge in [0.15, 0.2) is 6.61 Å². The quantitative estimate of drug-likeness (QED) is 0.822. The number of aromatic nitrogens is 3. The molecule has 0 saturated heterocycles. The monoisotopic (exact) mass is 271 g/mol. The summed E-state index contributed by atoms with van der Waals surface area (Å²) in [4.78, 5) is 10.5. The lowest BCUT2D eigenvalue weighted by Crippen LogP contribution is -2.20. The minimum atomic E-state index is -4.47. The van der Waals surface area contributed by atoms with Gasteiger partial charge in [0.05, 0.1) is 6.61 Å². The molecule has 0 aliphatic rings. The molecule has 1 aromatic heterocycles. The van der Waals surface area contributed by atoms with Gasteiger partial charge in [0.1, 0.15) is 0 Å². The van der Waals surface area contributed by atoms with E-state index in [1.165, 1.54) is 0 Å². The Bertz CT molecular complexity index is 376. The lowest BCUT2D eigenvalue weighted by molar-refractivity contribution is -0.154. The van der Waals surface area contributed by atoms with Crippen LogP contribution in [0.5, 0.6) is 12.0 Å². The van der Waals surface area contributed by atoms with Crippen molar-refractivity contribution in [2.75, 3.05) is 13.2 Å². The van der Waals surface area contributed by atoms with Crippen molar-refractivity contribution in [1.82, 2.24) is 15.0 Å². The molecule has 0 saturated carbocycles. The van der Waals surface area contributed by atoms with E-state index in [9.17, 15) is 13.2 Å². The van der Waals surface area contributed by atoms with Gasteiger partial charge in [0, 0.05) is 0 Å². The standard InChI is InChI=1S/C8H9ClF3N3O2/c1-2-3-16-6-13-5(9)14-7(15-6)17-4-8(10,11)12/h2-4H2,1H3. The van der Waals surface area contributed by atoms with Crippen LogP contribution in [0.25, 0.3) is 0 Å². The van der Waals surface area contributed by atoms with E-state index in [2.05, 4.69) is 19.7 Å². The minimum Gasteiger partial charge on any atom is -0.463 e. The molecule has 17 heavy (non-hydrogen) atoms. The van der Waals surface area contributed by atoms with Crippen LogP contribution in [-0.2, 0) is 0 Å². The average Bonchev–Trinajstić information content (AvgIpc) is 2.22. The summed E-state index contributed by atoms with van der Waals surface area (Å²) in [5, 5.41) is -0.289. The maximum atomic E-state index is 11.9. The number of ether oxygens (including phenoxy) is 2. The molecule has 1 aromatic rings. The Morgan fingerprint density at radius 1 is 1.12 bits per heavy atom. The molecule has 0 radical (unpaired) electrons. The van der Waals surface area contributed by atoms with Crippen LogP contribution < -0.4 is 9.47 Å². The Kier molecular flexibility index (Phi) is 4.73. The van der Waals surface area contributed by atoms with Gasteiger partial charge in [0.25, 0.3) is 0 Å². The number of alkyl halides is 3. The van der Waals surface area contributed by atoms with Crippen molar-refractivity contribution >= 4 is 11.6 Å². The molecule has 0 bridgehead atoms. The van der Waals surface area contributed by atoms with E-state index < -0.39 is 18.8 Å². The maximum absolute atomic E-state index is 11.9. The van der Waals surface area contributed by atoms with Gasteiger partial charge < -0.3 is 9.47 Å². The zero-order valence-corrected chi connectivity index (χ0v) is 9.55. The van der Waals surface area contributed by atoms with Crippen LogP contribution >= 0.6 is 11.6 Å². The van der Waals surface area contributed by atoms with Gasteiger partial charge in [-0.3, -0.25) is 0 Å². The van der Waals surface area contributed by atoms with E-state index in [1.807, 2.05) is 6.92 Å². The molecule has 0 spiro atoms. The van der Waals surface area contributed by atoms with E-state index in [4.69, 9.17) is 16.3 Å². The Balaban J connectivity index is 2.68. The van der Waals surface area contributed by atoms with Crippen LogP contribution in [0, 0.1) is 0 Å². The van der Waals surface area contributed by atoms with Crippen LogP contribution in [0.15, 0.2) is 0 Å². The van der Waals surface area contributed by atoms with Crippen molar-refractivity contribution in [2.45, 2.75) is 19.5 Å². The highest BCUT2D eigenvalue weighted by Crippen LogP contribution is 2.18. The van der Waals surface area contributed by atoms with Gasteiger partial charge in [0.2, 0.25) is 5.28 Å². The number of nitrogens with zero attached hydrogens (tertiary/aromatic N) is 3. The fraction of sp³-hybridized carbons (Fsp3) is 0.625. The summed E-state index contributed by atoms with van der Waals surface area (Å²) >= 11 is 5.48. The highest BCUT2D eigenvalue weighted by atomic mass is 35.5. The Morgan fingerprint density at radius 2 is 1.71 bits per heavy atom. The molecule has 0 atom stereocenters. The molecule has 0 N–H and O–H groups in total. The Morgan fingerprint density at radius 3 is 2.24 bits per heavy atom. The van der Waals surface area contributed by atoms with Crippen LogP contribution in [0.4, 0.5) is 13.2 Å². The maximum Gasteiger partial charge on any atom is 0.422 e. The van der Waals surface area contributed by atoms with Crippen LogP contribution in [-0.4, -0.2) is 34.3 Å². The van der Waals surface area contributed by atoms with Crippen molar-refractivity contribution in [3.8, 4) is 12.0 Å². The van der Waals surface area contributed by atoms with Gasteiger partial charge in [-0.1, -0.05) is 6.92 Å². The predicted molar refractivity (Wildman–Crippen MR) is 52.2 cm³/mol. The molecule has 0 amide bonds. The molecule has 0 aromatic carbocycles. The molecule has 0 aliphatic heterocycles. The topological polar surface area (TPSA) is 57.1 Å². The van der Waals surface area contributed by atoms with Crippen LogP contribution in [0.3, 0.4) is 0 Å². The second-order valence-corrected chi connectivity index (χ2v) is 3.26. The molecule has 5 nitrogen and oxygen atoms in total. The van der Waals surface area contributed by atoms with Gasteiger partial charge in [-0.2, -0.15) is 23.1 Å². The summed E-state index contributed by atoms with van der Waals surface area (Å²) < 4.78 is 45.0. The van der Waals surface area contributed by atoms with E-state index >= 15 is 0 Å². The van der Waals surface area contributed by atoms with Gasteiger partial charge in [-0.25, -0.2) is 0 Å². The van der Waals surface area contributed by atoms with E-state index in [0.29, 0.717) is 13.0 Å². The van der Waals surface area contributed by atoms with Crippen molar-refractivity contribution < 1.29 is 22.6 Å². The second-order valence-electron chi connectivity index (χ2n) is 2.92. The third-order valence-corrected chi connectivity index (χ3v) is 1.54. The SMILES string of the molecule is CCCOc1nc(Cl)nc(OCC(F)(F)F)n1. The summed E-state index contributed by atoms with van der Waals surface area (Å²) in [5.74, 6) is 0. The minimum absolute atomic E-state index is 0.163. The third kappa shape index (κ3) is 5.53. The first-order chi connectivity index (χ1) is 7.90. The number of halogens is 4. The molecule has 96 valence electrons. The lowest BCUT2D eigenvalue weighted by atomic mass is 10.5. The van der Waals surface area contributed by atoms with Crippen molar-refractivity contribution in [3.63, 3.8) is 0 Å². The van der Waals surface area contributed by atoms with Crippen molar-refractivity contribution in [2.24, 2.45) is 0 Å². The van der Waals surface area contributed by atoms with E-state index in [-0.39, 0.29) is 11.3 Å². The Hall–Kier alpha value is -1.31. The van der Waals surface area contributed by atoms with Crippen LogP contribution in [0.2, 0.25) is 5.28 Å². The summed E-state index contributed by atoms with van der Waals surface area (Å²) in [6.45, 7) is 0.670. The molecule has 0 aliphatic carbocycles. The smallest absolute Gasteiger partial charge is 0.422 e. The van der Waals surface area contributed by atoms with Crippen LogP contribution in [0.1, 0.15) is 13.3 Å². The fourth-order valence-electron chi connectivity index (χ4n) is 0.783. The van der Waals surface area contributed by atoms with Gasteiger partial charge >= 0.3 is 18.2 Å². The van der Waals surface area contributed by atoms with Crippen molar-refractivity contribution in [1.29, 1.82) is 0 Å². The molecule has 9 heteroatoms. The van der Waals surface area contributed by atoms with E-state index in [0.717, 1.165) is 0 Å². The highest BCUT2D eigenvalue weighted by Gasteiger charge is 2.29. The molecular formula is C8H9ClF3N3O2. The largest absolute Gasteiger partial charge is 0.463 e. The predicted octanol–water partition coefficient (Wildman–Crippen LogP) is 2.25. The number of hydrogen-bond acceptors (Lipinski definition) is 5. The fourth-order valence-corrected chi connectivity index (χ4v) is 0.928.